The summed E-state index contributed by atoms with van der Waals surface area (Å²) in [6, 6.07) is 14.4. The van der Waals surface area contributed by atoms with E-state index in [4.69, 9.17) is 4.42 Å². The number of esters is 1. The van der Waals surface area contributed by atoms with Gasteiger partial charge in [0.15, 0.2) is 5.76 Å². The van der Waals surface area contributed by atoms with Gasteiger partial charge in [-0.3, -0.25) is 4.79 Å². The fourth-order valence-corrected chi connectivity index (χ4v) is 2.53. The first-order valence-corrected chi connectivity index (χ1v) is 7.53. The lowest BCUT2D eigenvalue weighted by atomic mass is 10.1. The predicted molar refractivity (Wildman–Crippen MR) is 89.9 cm³/mol. The van der Waals surface area contributed by atoms with E-state index in [1.807, 2.05) is 31.2 Å². The van der Waals surface area contributed by atoms with Crippen LogP contribution in [0, 0.1) is 6.92 Å². The summed E-state index contributed by atoms with van der Waals surface area (Å²) in [6.07, 6.45) is 0. The Bertz CT molecular complexity index is 893. The number of ether oxygens (including phenoxy) is 1. The van der Waals surface area contributed by atoms with Gasteiger partial charge in [0.25, 0.3) is 5.91 Å². The Kier molecular flexibility index (Phi) is 4.33. The third-order valence-corrected chi connectivity index (χ3v) is 3.88. The van der Waals surface area contributed by atoms with Crippen LogP contribution in [0.5, 0.6) is 0 Å². The van der Waals surface area contributed by atoms with Crippen molar-refractivity contribution < 1.29 is 18.7 Å². The molecule has 0 bridgehead atoms. The second kappa shape index (κ2) is 6.58. The quantitative estimate of drug-likeness (QED) is 0.747. The Hall–Kier alpha value is -3.08. The van der Waals surface area contributed by atoms with Crippen LogP contribution in [0.1, 0.15) is 32.0 Å². The number of nitrogens with one attached hydrogen (secondary N) is 1. The summed E-state index contributed by atoms with van der Waals surface area (Å²) in [5, 5.41) is 3.77. The van der Waals surface area contributed by atoms with Gasteiger partial charge >= 0.3 is 5.97 Å². The highest BCUT2D eigenvalue weighted by molar-refractivity contribution is 5.98. The Balaban J connectivity index is 1.70. The molecule has 3 aromatic rings. The van der Waals surface area contributed by atoms with E-state index >= 15 is 0 Å². The summed E-state index contributed by atoms with van der Waals surface area (Å²) in [4.78, 5) is 23.7. The molecule has 0 radical (unpaired) electrons. The number of amides is 1. The van der Waals surface area contributed by atoms with Crippen LogP contribution < -0.4 is 5.32 Å². The maximum atomic E-state index is 12.4. The fraction of sp³-hybridized carbons (Fsp3) is 0.158. The second-order valence-corrected chi connectivity index (χ2v) is 5.42. The minimum Gasteiger partial charge on any atom is -0.465 e. The van der Waals surface area contributed by atoms with Crippen LogP contribution in [0.3, 0.4) is 0 Å². The van der Waals surface area contributed by atoms with Gasteiger partial charge in [-0.25, -0.2) is 4.79 Å². The van der Waals surface area contributed by atoms with Crippen molar-refractivity contribution in [3.05, 3.63) is 71.0 Å². The summed E-state index contributed by atoms with van der Waals surface area (Å²) in [5.74, 6) is -0.327. The zero-order chi connectivity index (χ0) is 17.1. The lowest BCUT2D eigenvalue weighted by molar-refractivity contribution is 0.0600. The van der Waals surface area contributed by atoms with Gasteiger partial charge in [-0.05, 0) is 30.7 Å². The maximum absolute atomic E-state index is 12.4. The first-order chi connectivity index (χ1) is 11.6. The highest BCUT2D eigenvalue weighted by Crippen LogP contribution is 2.24. The average molecular weight is 323 g/mol. The van der Waals surface area contributed by atoms with Crippen molar-refractivity contribution in [2.45, 2.75) is 13.5 Å². The SMILES string of the molecule is COC(=O)c1ccc(CNC(=O)c2oc3ccccc3c2C)cc1. The van der Waals surface area contributed by atoms with Gasteiger partial charge in [-0.1, -0.05) is 30.3 Å². The molecule has 3 rings (SSSR count). The molecule has 0 spiro atoms. The summed E-state index contributed by atoms with van der Waals surface area (Å²) >= 11 is 0. The van der Waals surface area contributed by atoms with Crippen molar-refractivity contribution in [1.29, 1.82) is 0 Å². The van der Waals surface area contributed by atoms with Crippen molar-refractivity contribution in [2.75, 3.05) is 7.11 Å². The number of carbonyl (C=O) groups excluding carboxylic acids is 2. The molecule has 2 aromatic carbocycles. The van der Waals surface area contributed by atoms with Crippen molar-refractivity contribution >= 4 is 22.8 Å². The van der Waals surface area contributed by atoms with Crippen molar-refractivity contribution in [3.8, 4) is 0 Å². The molecule has 0 aliphatic heterocycles. The third kappa shape index (κ3) is 3.01. The van der Waals surface area contributed by atoms with Gasteiger partial charge in [-0.15, -0.1) is 0 Å². The number of aryl methyl sites for hydroxylation is 1. The molecule has 0 aliphatic carbocycles. The molecular formula is C19H17NO4. The number of methoxy groups -OCH3 is 1. The summed E-state index contributed by atoms with van der Waals surface area (Å²) in [5.41, 5.74) is 2.87. The molecule has 1 aromatic heterocycles. The number of benzene rings is 2. The van der Waals surface area contributed by atoms with Crippen LogP contribution in [0.15, 0.2) is 52.9 Å². The Morgan fingerprint density at radius 3 is 2.46 bits per heavy atom. The van der Waals surface area contributed by atoms with E-state index in [9.17, 15) is 9.59 Å². The number of hydrogen-bond acceptors (Lipinski definition) is 4. The third-order valence-electron chi connectivity index (χ3n) is 3.88. The first-order valence-electron chi connectivity index (χ1n) is 7.53. The van der Waals surface area contributed by atoms with Gasteiger partial charge in [0.05, 0.1) is 12.7 Å². The minimum atomic E-state index is -0.386. The molecule has 24 heavy (non-hydrogen) atoms. The zero-order valence-corrected chi connectivity index (χ0v) is 13.5. The predicted octanol–water partition coefficient (Wildman–Crippen LogP) is 3.46. The van der Waals surface area contributed by atoms with Crippen LogP contribution in [0.4, 0.5) is 0 Å². The van der Waals surface area contributed by atoms with Crippen molar-refractivity contribution in [2.24, 2.45) is 0 Å². The van der Waals surface area contributed by atoms with Gasteiger partial charge in [0.2, 0.25) is 0 Å². The zero-order valence-electron chi connectivity index (χ0n) is 13.5. The average Bonchev–Trinajstić information content (AvgIpc) is 2.96. The molecule has 122 valence electrons. The molecule has 1 N–H and O–H groups in total. The Labute approximate surface area is 139 Å². The number of furan rings is 1. The maximum Gasteiger partial charge on any atom is 0.337 e. The van der Waals surface area contributed by atoms with Gasteiger partial charge in [0.1, 0.15) is 5.58 Å². The Morgan fingerprint density at radius 2 is 1.79 bits per heavy atom. The van der Waals surface area contributed by atoms with E-state index in [1.54, 1.807) is 24.3 Å². The number of carbonyl (C=O) groups is 2. The molecule has 0 atom stereocenters. The number of para-hydroxylation sites is 1. The molecule has 1 amide bonds. The largest absolute Gasteiger partial charge is 0.465 e. The van der Waals surface area contributed by atoms with Crippen molar-refractivity contribution in [3.63, 3.8) is 0 Å². The van der Waals surface area contributed by atoms with E-state index in [1.165, 1.54) is 7.11 Å². The van der Waals surface area contributed by atoms with E-state index < -0.39 is 0 Å². The Morgan fingerprint density at radius 1 is 1.08 bits per heavy atom. The van der Waals surface area contributed by atoms with E-state index in [0.717, 1.165) is 16.5 Å². The van der Waals surface area contributed by atoms with Gasteiger partial charge in [0, 0.05) is 17.5 Å². The van der Waals surface area contributed by atoms with E-state index in [0.29, 0.717) is 23.5 Å². The van der Waals surface area contributed by atoms with Crippen LogP contribution in [-0.2, 0) is 11.3 Å². The van der Waals surface area contributed by atoms with Crippen LogP contribution >= 0.6 is 0 Å². The minimum absolute atomic E-state index is 0.263. The topological polar surface area (TPSA) is 68.5 Å². The molecule has 0 saturated carbocycles. The van der Waals surface area contributed by atoms with Crippen LogP contribution in [-0.4, -0.2) is 19.0 Å². The lowest BCUT2D eigenvalue weighted by Crippen LogP contribution is -2.23. The molecule has 0 aliphatic rings. The number of fused-ring (bicyclic) bond motifs is 1. The standard InChI is InChI=1S/C19H17NO4/c1-12-15-5-3-4-6-16(15)24-17(12)18(21)20-11-13-7-9-14(10-8-13)19(22)23-2/h3-10H,11H2,1-2H3,(H,20,21). The monoisotopic (exact) mass is 323 g/mol. The molecule has 0 fully saturated rings. The molecule has 5 heteroatoms. The molecule has 0 saturated heterocycles. The summed E-state index contributed by atoms with van der Waals surface area (Å²) in [7, 11) is 1.34. The summed E-state index contributed by atoms with van der Waals surface area (Å²) < 4.78 is 10.3. The van der Waals surface area contributed by atoms with E-state index in [2.05, 4.69) is 10.1 Å². The van der Waals surface area contributed by atoms with Gasteiger partial charge < -0.3 is 14.5 Å². The molecule has 1 heterocycles. The number of hydrogen-bond donors (Lipinski definition) is 1. The van der Waals surface area contributed by atoms with Crippen molar-refractivity contribution in [1.82, 2.24) is 5.32 Å². The van der Waals surface area contributed by atoms with E-state index in [-0.39, 0.29) is 11.9 Å². The molecule has 0 unspecified atom stereocenters. The fourth-order valence-electron chi connectivity index (χ4n) is 2.53. The highest BCUT2D eigenvalue weighted by atomic mass is 16.5. The van der Waals surface area contributed by atoms with Gasteiger partial charge in [-0.2, -0.15) is 0 Å². The highest BCUT2D eigenvalue weighted by Gasteiger charge is 2.17. The number of rotatable bonds is 4. The van der Waals surface area contributed by atoms with Crippen LogP contribution in [0.2, 0.25) is 0 Å². The molecule has 5 nitrogen and oxygen atoms in total. The lowest BCUT2D eigenvalue weighted by Gasteiger charge is -2.05. The molecular weight excluding hydrogens is 306 g/mol. The first kappa shape index (κ1) is 15.8. The second-order valence-electron chi connectivity index (χ2n) is 5.42. The smallest absolute Gasteiger partial charge is 0.337 e. The normalized spacial score (nSPS) is 10.6. The van der Waals surface area contributed by atoms with Crippen LogP contribution in [0.25, 0.3) is 11.0 Å². The summed E-state index contributed by atoms with van der Waals surface area (Å²) in [6.45, 7) is 2.21.